The van der Waals surface area contributed by atoms with Crippen molar-refractivity contribution in [2.24, 2.45) is 4.99 Å². The van der Waals surface area contributed by atoms with Crippen molar-refractivity contribution in [1.82, 2.24) is 9.78 Å². The summed E-state index contributed by atoms with van der Waals surface area (Å²) in [5, 5.41) is 13.3. The van der Waals surface area contributed by atoms with Crippen LogP contribution in [0.25, 0.3) is 5.69 Å². The Morgan fingerprint density at radius 1 is 1.27 bits per heavy atom. The molecule has 3 aromatic rings. The molecule has 5 nitrogen and oxygen atoms in total. The van der Waals surface area contributed by atoms with E-state index in [0.717, 1.165) is 41.8 Å². The highest BCUT2D eigenvalue weighted by Crippen LogP contribution is 2.40. The molecule has 0 fully saturated rings. The van der Waals surface area contributed by atoms with Gasteiger partial charge in [-0.25, -0.2) is 9.67 Å². The van der Waals surface area contributed by atoms with Crippen LogP contribution in [0.3, 0.4) is 0 Å². The van der Waals surface area contributed by atoms with Crippen LogP contribution in [-0.4, -0.2) is 16.0 Å². The van der Waals surface area contributed by atoms with Crippen LogP contribution in [0.1, 0.15) is 39.2 Å². The van der Waals surface area contributed by atoms with Crippen molar-refractivity contribution < 1.29 is 0 Å². The molecule has 0 saturated carbocycles. The van der Waals surface area contributed by atoms with Gasteiger partial charge in [0, 0.05) is 16.8 Å². The first-order valence-corrected chi connectivity index (χ1v) is 9.37. The van der Waals surface area contributed by atoms with E-state index in [0.29, 0.717) is 16.1 Å². The van der Waals surface area contributed by atoms with Gasteiger partial charge in [-0.15, -0.1) is 11.3 Å². The third kappa shape index (κ3) is 2.71. The SMILES string of the molecule is Cc1ccc(-n2[nH]c(C)c(C=Nc3sc4c(c3C#N)CCC4)c2=O)cc1. The van der Waals surface area contributed by atoms with E-state index in [1.807, 2.05) is 38.1 Å². The van der Waals surface area contributed by atoms with Gasteiger partial charge in [0.25, 0.3) is 5.56 Å². The maximum absolute atomic E-state index is 12.8. The molecule has 0 aliphatic heterocycles. The van der Waals surface area contributed by atoms with Gasteiger partial charge >= 0.3 is 0 Å². The molecule has 1 aromatic carbocycles. The number of nitriles is 1. The van der Waals surface area contributed by atoms with Gasteiger partial charge in [-0.05, 0) is 50.8 Å². The minimum atomic E-state index is -0.141. The average molecular weight is 362 g/mol. The van der Waals surface area contributed by atoms with Crippen LogP contribution < -0.4 is 5.56 Å². The quantitative estimate of drug-likeness (QED) is 0.716. The molecular weight excluding hydrogens is 344 g/mol. The van der Waals surface area contributed by atoms with Crippen LogP contribution in [0, 0.1) is 25.2 Å². The first kappa shape index (κ1) is 16.6. The summed E-state index contributed by atoms with van der Waals surface area (Å²) in [5.41, 5.74) is 4.87. The first-order chi connectivity index (χ1) is 12.6. The van der Waals surface area contributed by atoms with Crippen LogP contribution in [0.4, 0.5) is 5.00 Å². The van der Waals surface area contributed by atoms with Crippen molar-refractivity contribution in [3.05, 3.63) is 67.4 Å². The fourth-order valence-corrected chi connectivity index (χ4v) is 4.49. The molecule has 2 heterocycles. The Bertz CT molecular complexity index is 1110. The average Bonchev–Trinajstić information content (AvgIpc) is 3.28. The van der Waals surface area contributed by atoms with Crippen molar-refractivity contribution in [1.29, 1.82) is 5.26 Å². The Balaban J connectivity index is 1.72. The normalized spacial score (nSPS) is 13.3. The molecule has 0 unspecified atom stereocenters. The predicted octanol–water partition coefficient (Wildman–Crippen LogP) is 3.95. The van der Waals surface area contributed by atoms with Gasteiger partial charge in [-0.3, -0.25) is 9.89 Å². The third-order valence-corrected chi connectivity index (χ3v) is 5.93. The summed E-state index contributed by atoms with van der Waals surface area (Å²) in [4.78, 5) is 18.5. The first-order valence-electron chi connectivity index (χ1n) is 8.56. The van der Waals surface area contributed by atoms with Crippen molar-refractivity contribution in [3.63, 3.8) is 0 Å². The van der Waals surface area contributed by atoms with E-state index in [2.05, 4.69) is 16.2 Å². The van der Waals surface area contributed by atoms with E-state index in [1.165, 1.54) is 9.56 Å². The van der Waals surface area contributed by atoms with Gasteiger partial charge in [-0.2, -0.15) is 5.26 Å². The van der Waals surface area contributed by atoms with Gasteiger partial charge in [-0.1, -0.05) is 17.7 Å². The molecule has 0 atom stereocenters. The molecule has 0 radical (unpaired) electrons. The molecule has 4 rings (SSSR count). The molecular formula is C20H18N4OS. The number of nitrogens with zero attached hydrogens (tertiary/aromatic N) is 3. The minimum Gasteiger partial charge on any atom is -0.295 e. The summed E-state index contributed by atoms with van der Waals surface area (Å²) in [7, 11) is 0. The lowest BCUT2D eigenvalue weighted by Crippen LogP contribution is -2.17. The second-order valence-corrected chi connectivity index (χ2v) is 7.62. The Morgan fingerprint density at radius 3 is 2.77 bits per heavy atom. The zero-order valence-electron chi connectivity index (χ0n) is 14.7. The maximum atomic E-state index is 12.8. The zero-order valence-corrected chi connectivity index (χ0v) is 15.5. The van der Waals surface area contributed by atoms with Crippen LogP contribution >= 0.6 is 11.3 Å². The lowest BCUT2D eigenvalue weighted by atomic mass is 10.1. The maximum Gasteiger partial charge on any atom is 0.280 e. The molecule has 1 N–H and O–H groups in total. The fourth-order valence-electron chi connectivity index (χ4n) is 3.31. The highest BCUT2D eigenvalue weighted by Gasteiger charge is 2.21. The van der Waals surface area contributed by atoms with E-state index in [1.54, 1.807) is 17.6 Å². The molecule has 2 aromatic heterocycles. The largest absolute Gasteiger partial charge is 0.295 e. The molecule has 0 spiro atoms. The highest BCUT2D eigenvalue weighted by molar-refractivity contribution is 7.16. The van der Waals surface area contributed by atoms with Crippen molar-refractivity contribution >= 4 is 22.6 Å². The van der Waals surface area contributed by atoms with Gasteiger partial charge in [0.1, 0.15) is 11.1 Å². The lowest BCUT2D eigenvalue weighted by molar-refractivity contribution is 0.835. The number of nitrogens with one attached hydrogen (secondary N) is 1. The van der Waals surface area contributed by atoms with Gasteiger partial charge in [0.2, 0.25) is 0 Å². The number of benzene rings is 1. The number of rotatable bonds is 3. The molecule has 1 aliphatic carbocycles. The number of H-pyrrole nitrogens is 1. The topological polar surface area (TPSA) is 73.9 Å². The smallest absolute Gasteiger partial charge is 0.280 e. The summed E-state index contributed by atoms with van der Waals surface area (Å²) in [6.45, 7) is 3.86. The van der Waals surface area contributed by atoms with E-state index < -0.39 is 0 Å². The minimum absolute atomic E-state index is 0.141. The van der Waals surface area contributed by atoms with Crippen molar-refractivity contribution in [2.75, 3.05) is 0 Å². The number of thiophene rings is 1. The van der Waals surface area contributed by atoms with Crippen LogP contribution in [0.15, 0.2) is 34.1 Å². The van der Waals surface area contributed by atoms with E-state index >= 15 is 0 Å². The Morgan fingerprint density at radius 2 is 2.04 bits per heavy atom. The Kier molecular flexibility index (Phi) is 4.09. The molecule has 0 saturated heterocycles. The van der Waals surface area contributed by atoms with Crippen LogP contribution in [0.5, 0.6) is 0 Å². The van der Waals surface area contributed by atoms with Crippen LogP contribution in [-0.2, 0) is 12.8 Å². The summed E-state index contributed by atoms with van der Waals surface area (Å²) >= 11 is 1.57. The molecule has 6 heteroatoms. The second-order valence-electron chi connectivity index (χ2n) is 6.53. The van der Waals surface area contributed by atoms with E-state index in [4.69, 9.17) is 0 Å². The van der Waals surface area contributed by atoms with Gasteiger partial charge in [0.15, 0.2) is 0 Å². The molecule has 0 amide bonds. The number of hydrogen-bond acceptors (Lipinski definition) is 4. The van der Waals surface area contributed by atoms with Crippen molar-refractivity contribution in [3.8, 4) is 11.8 Å². The Hall–Kier alpha value is -2.91. The fraction of sp³-hybridized carbons (Fsp3) is 0.250. The number of aromatic nitrogens is 2. The molecule has 130 valence electrons. The van der Waals surface area contributed by atoms with Gasteiger partial charge in [0.05, 0.1) is 16.8 Å². The van der Waals surface area contributed by atoms with Crippen LogP contribution in [0.2, 0.25) is 0 Å². The molecule has 1 aliphatic rings. The lowest BCUT2D eigenvalue weighted by Gasteiger charge is -2.01. The number of aryl methyl sites for hydroxylation is 3. The standard InChI is InChI=1S/C20H18N4OS/c1-12-6-8-14(9-7-12)24-20(25)17(13(2)23-24)11-22-19-16(10-21)15-4-3-5-18(15)26-19/h6-9,11,23H,3-5H2,1-2H3. The summed E-state index contributed by atoms with van der Waals surface area (Å²) in [6, 6.07) is 10.0. The van der Waals surface area contributed by atoms with Gasteiger partial charge < -0.3 is 0 Å². The predicted molar refractivity (Wildman–Crippen MR) is 104 cm³/mol. The molecule has 0 bridgehead atoms. The second kappa shape index (κ2) is 6.43. The van der Waals surface area contributed by atoms with E-state index in [9.17, 15) is 10.1 Å². The third-order valence-electron chi connectivity index (χ3n) is 4.73. The number of hydrogen-bond donors (Lipinski definition) is 1. The summed E-state index contributed by atoms with van der Waals surface area (Å²) < 4.78 is 1.52. The number of fused-ring (bicyclic) bond motifs is 1. The number of aliphatic imine (C=N–C) groups is 1. The highest BCUT2D eigenvalue weighted by atomic mass is 32.1. The summed E-state index contributed by atoms with van der Waals surface area (Å²) in [5.74, 6) is 0. The monoisotopic (exact) mass is 362 g/mol. The Labute approximate surface area is 155 Å². The van der Waals surface area contributed by atoms with Crippen molar-refractivity contribution in [2.45, 2.75) is 33.1 Å². The summed E-state index contributed by atoms with van der Waals surface area (Å²) in [6.07, 6.45) is 4.67. The van der Waals surface area contributed by atoms with E-state index in [-0.39, 0.29) is 5.56 Å². The number of aromatic amines is 1. The zero-order chi connectivity index (χ0) is 18.3. The molecule has 26 heavy (non-hydrogen) atoms.